The molecule has 1 aromatic rings. The molecule has 19 heavy (non-hydrogen) atoms. The van der Waals surface area contributed by atoms with Gasteiger partial charge in [0.25, 0.3) is 0 Å². The molecule has 104 valence electrons. The fraction of sp³-hybridized carbons (Fsp3) is 0.538. The summed E-state index contributed by atoms with van der Waals surface area (Å²) in [5, 5.41) is 0. The molecule has 3 rings (SSSR count). The number of ether oxygens (including phenoxy) is 1. The molecule has 0 radical (unpaired) electrons. The molecule has 1 heterocycles. The number of hydrogen-bond acceptors (Lipinski definition) is 4. The van der Waals surface area contributed by atoms with Gasteiger partial charge >= 0.3 is 0 Å². The van der Waals surface area contributed by atoms with Crippen molar-refractivity contribution < 1.29 is 13.2 Å². The van der Waals surface area contributed by atoms with Gasteiger partial charge in [-0.3, -0.25) is 0 Å². The van der Waals surface area contributed by atoms with E-state index >= 15 is 0 Å². The summed E-state index contributed by atoms with van der Waals surface area (Å²) in [6, 6.07) is 4.89. The van der Waals surface area contributed by atoms with Gasteiger partial charge in [0.1, 0.15) is 10.6 Å². The Bertz CT molecular complexity index is 600. The molecular formula is C13H18N2O3S. The molecule has 0 spiro atoms. The van der Waals surface area contributed by atoms with E-state index in [0.29, 0.717) is 23.9 Å². The summed E-state index contributed by atoms with van der Waals surface area (Å²) >= 11 is 0. The van der Waals surface area contributed by atoms with Crippen molar-refractivity contribution in [2.24, 2.45) is 5.92 Å². The van der Waals surface area contributed by atoms with Crippen molar-refractivity contribution in [2.75, 3.05) is 19.4 Å². The van der Waals surface area contributed by atoms with Gasteiger partial charge in [0.15, 0.2) is 0 Å². The molecule has 1 saturated heterocycles. The van der Waals surface area contributed by atoms with E-state index in [1.54, 1.807) is 16.4 Å². The molecule has 5 nitrogen and oxygen atoms in total. The molecule has 2 unspecified atom stereocenters. The molecule has 1 aliphatic heterocycles. The largest absolute Gasteiger partial charge is 0.495 e. The third-order valence-electron chi connectivity index (χ3n) is 4.13. The quantitative estimate of drug-likeness (QED) is 0.852. The zero-order chi connectivity index (χ0) is 13.6. The molecule has 2 bridgehead atoms. The van der Waals surface area contributed by atoms with E-state index in [-0.39, 0.29) is 10.9 Å². The van der Waals surface area contributed by atoms with Gasteiger partial charge in [-0.15, -0.1) is 0 Å². The number of hydrogen-bond donors (Lipinski definition) is 1. The average molecular weight is 282 g/mol. The van der Waals surface area contributed by atoms with Gasteiger partial charge in [0.05, 0.1) is 7.11 Å². The number of sulfonamides is 1. The average Bonchev–Trinajstić information content (AvgIpc) is 3.01. The van der Waals surface area contributed by atoms with Crippen molar-refractivity contribution in [3.05, 3.63) is 18.2 Å². The molecule has 2 atom stereocenters. The van der Waals surface area contributed by atoms with Crippen LogP contribution in [0.2, 0.25) is 0 Å². The van der Waals surface area contributed by atoms with Gasteiger partial charge < -0.3 is 10.5 Å². The van der Waals surface area contributed by atoms with Crippen LogP contribution < -0.4 is 10.5 Å². The van der Waals surface area contributed by atoms with Crippen molar-refractivity contribution in [1.29, 1.82) is 0 Å². The Hall–Kier alpha value is -1.27. The molecule has 1 aromatic carbocycles. The molecule has 1 saturated carbocycles. The highest BCUT2D eigenvalue weighted by atomic mass is 32.2. The zero-order valence-corrected chi connectivity index (χ0v) is 11.7. The third kappa shape index (κ3) is 1.99. The van der Waals surface area contributed by atoms with E-state index in [1.807, 2.05) is 0 Å². The van der Waals surface area contributed by atoms with Gasteiger partial charge in [0, 0.05) is 18.3 Å². The van der Waals surface area contributed by atoms with Gasteiger partial charge in [-0.1, -0.05) is 0 Å². The van der Waals surface area contributed by atoms with Gasteiger partial charge in [0.2, 0.25) is 10.0 Å². The molecule has 0 amide bonds. The maximum absolute atomic E-state index is 12.7. The number of nitrogens with two attached hydrogens (primary N) is 1. The molecular weight excluding hydrogens is 264 g/mol. The third-order valence-corrected chi connectivity index (χ3v) is 6.07. The Labute approximate surface area is 113 Å². The first kappa shape index (κ1) is 12.7. The van der Waals surface area contributed by atoms with Gasteiger partial charge in [-0.2, -0.15) is 4.31 Å². The summed E-state index contributed by atoms with van der Waals surface area (Å²) in [5.74, 6) is 0.879. The normalized spacial score (nSPS) is 26.8. The maximum Gasteiger partial charge on any atom is 0.247 e. The van der Waals surface area contributed by atoms with Crippen LogP contribution in [0.15, 0.2) is 23.1 Å². The van der Waals surface area contributed by atoms with Crippen molar-refractivity contribution in [1.82, 2.24) is 4.31 Å². The number of anilines is 1. The van der Waals surface area contributed by atoms with Crippen LogP contribution in [-0.4, -0.2) is 32.4 Å². The van der Waals surface area contributed by atoms with Crippen LogP contribution in [0.1, 0.15) is 19.3 Å². The number of fused-ring (bicyclic) bond motifs is 2. The van der Waals surface area contributed by atoms with E-state index in [2.05, 4.69) is 0 Å². The summed E-state index contributed by atoms with van der Waals surface area (Å²) in [6.45, 7) is 0.630. The summed E-state index contributed by atoms with van der Waals surface area (Å²) in [5.41, 5.74) is 6.15. The molecule has 2 N–H and O–H groups in total. The predicted octanol–water partition coefficient (Wildman–Crippen LogP) is 1.45. The Morgan fingerprint density at radius 2 is 2.16 bits per heavy atom. The summed E-state index contributed by atoms with van der Waals surface area (Å²) < 4.78 is 32.3. The standard InChI is InChI=1S/C13H18N2O3S/c1-18-12-5-3-10(14)7-13(12)19(16,17)15-8-9-2-4-11(15)6-9/h3,5,7,9,11H,2,4,6,8,14H2,1H3. The van der Waals surface area contributed by atoms with E-state index < -0.39 is 10.0 Å². The summed E-state index contributed by atoms with van der Waals surface area (Å²) in [4.78, 5) is 0.183. The predicted molar refractivity (Wildman–Crippen MR) is 72.4 cm³/mol. The lowest BCUT2D eigenvalue weighted by atomic mass is 10.1. The van der Waals surface area contributed by atoms with Crippen LogP contribution in [0.25, 0.3) is 0 Å². The minimum absolute atomic E-state index is 0.154. The van der Waals surface area contributed by atoms with Crippen molar-refractivity contribution in [2.45, 2.75) is 30.2 Å². The minimum Gasteiger partial charge on any atom is -0.495 e. The van der Waals surface area contributed by atoms with Crippen molar-refractivity contribution in [3.8, 4) is 5.75 Å². The first-order valence-electron chi connectivity index (χ1n) is 6.47. The number of nitrogen functional groups attached to an aromatic ring is 1. The Morgan fingerprint density at radius 1 is 1.37 bits per heavy atom. The highest BCUT2D eigenvalue weighted by molar-refractivity contribution is 7.89. The van der Waals surface area contributed by atoms with Crippen LogP contribution in [0.4, 0.5) is 5.69 Å². The highest BCUT2D eigenvalue weighted by Gasteiger charge is 2.45. The van der Waals surface area contributed by atoms with Crippen LogP contribution in [0, 0.1) is 5.92 Å². The second-order valence-corrected chi connectivity index (χ2v) is 7.18. The first-order valence-corrected chi connectivity index (χ1v) is 7.91. The van der Waals surface area contributed by atoms with Crippen LogP contribution in [0.3, 0.4) is 0 Å². The van der Waals surface area contributed by atoms with Crippen LogP contribution >= 0.6 is 0 Å². The molecule has 2 aliphatic rings. The lowest BCUT2D eigenvalue weighted by molar-refractivity contribution is 0.330. The molecule has 1 aliphatic carbocycles. The second-order valence-electron chi connectivity index (χ2n) is 5.32. The van der Waals surface area contributed by atoms with Crippen molar-refractivity contribution >= 4 is 15.7 Å². The molecule has 2 fully saturated rings. The topological polar surface area (TPSA) is 72.6 Å². The summed E-state index contributed by atoms with van der Waals surface area (Å²) in [7, 11) is -2.03. The van der Waals surface area contributed by atoms with Crippen LogP contribution in [0.5, 0.6) is 5.75 Å². The highest BCUT2D eigenvalue weighted by Crippen LogP contribution is 2.42. The number of nitrogens with zero attached hydrogens (tertiary/aromatic N) is 1. The monoisotopic (exact) mass is 282 g/mol. The fourth-order valence-electron chi connectivity index (χ4n) is 3.20. The van der Waals surface area contributed by atoms with E-state index in [9.17, 15) is 8.42 Å². The SMILES string of the molecule is COc1ccc(N)cc1S(=O)(=O)N1CC2CCC1C2. The van der Waals surface area contributed by atoms with Gasteiger partial charge in [-0.05, 0) is 43.4 Å². The van der Waals surface area contributed by atoms with E-state index in [0.717, 1.165) is 19.3 Å². The molecule has 6 heteroatoms. The van der Waals surface area contributed by atoms with Crippen LogP contribution in [-0.2, 0) is 10.0 Å². The maximum atomic E-state index is 12.7. The fourth-order valence-corrected chi connectivity index (χ4v) is 5.13. The van der Waals surface area contributed by atoms with Gasteiger partial charge in [-0.25, -0.2) is 8.42 Å². The number of rotatable bonds is 3. The second kappa shape index (κ2) is 4.38. The first-order chi connectivity index (χ1) is 9.02. The summed E-state index contributed by atoms with van der Waals surface area (Å²) in [6.07, 6.45) is 3.10. The number of methoxy groups -OCH3 is 1. The number of piperidine rings is 1. The lowest BCUT2D eigenvalue weighted by Crippen LogP contribution is -2.37. The zero-order valence-electron chi connectivity index (χ0n) is 10.9. The van der Waals surface area contributed by atoms with E-state index in [4.69, 9.17) is 10.5 Å². The van der Waals surface area contributed by atoms with E-state index in [1.165, 1.54) is 13.2 Å². The Morgan fingerprint density at radius 3 is 2.74 bits per heavy atom. The number of benzene rings is 1. The van der Waals surface area contributed by atoms with Crippen molar-refractivity contribution in [3.63, 3.8) is 0 Å². The Balaban J connectivity index is 2.03. The minimum atomic E-state index is -3.51. The Kier molecular flexibility index (Phi) is 2.94. The smallest absolute Gasteiger partial charge is 0.247 e. The molecule has 0 aromatic heterocycles. The lowest BCUT2D eigenvalue weighted by Gasteiger charge is -2.26.